The predicted molar refractivity (Wildman–Crippen MR) is 82.5 cm³/mol. The topological polar surface area (TPSA) is 32.5 Å². The molecule has 1 aromatic rings. The molecule has 106 valence electrons. The molecule has 0 saturated carbocycles. The van der Waals surface area contributed by atoms with Crippen molar-refractivity contribution in [2.75, 3.05) is 32.1 Å². The van der Waals surface area contributed by atoms with Crippen LogP contribution in [0, 0.1) is 5.92 Å². The second-order valence-corrected chi connectivity index (χ2v) is 6.27. The lowest BCUT2D eigenvalue weighted by atomic mass is 10.00. The van der Waals surface area contributed by atoms with Gasteiger partial charge in [0.1, 0.15) is 0 Å². The molecular formula is C16H27N3. The molecule has 1 aromatic carbocycles. The van der Waals surface area contributed by atoms with Crippen LogP contribution in [0.2, 0.25) is 0 Å². The minimum absolute atomic E-state index is 0.268. The Bertz CT molecular complexity index is 397. The number of nitrogens with zero attached hydrogens (tertiary/aromatic N) is 2. The van der Waals surface area contributed by atoms with E-state index < -0.39 is 0 Å². The highest BCUT2D eigenvalue weighted by Crippen LogP contribution is 2.32. The standard InChI is InChI=1S/C16H27N3/c1-12(2)11-19-10-9-15(17)16(19)13-5-7-14(8-6-13)18(3)4/h5-8,12,15-16H,9-11,17H2,1-4H3. The predicted octanol–water partition coefficient (Wildman–Crippen LogP) is 2.48. The third kappa shape index (κ3) is 3.28. The number of hydrogen-bond donors (Lipinski definition) is 1. The molecule has 1 aliphatic heterocycles. The summed E-state index contributed by atoms with van der Waals surface area (Å²) in [7, 11) is 4.14. The van der Waals surface area contributed by atoms with Gasteiger partial charge in [-0.2, -0.15) is 0 Å². The van der Waals surface area contributed by atoms with Crippen molar-refractivity contribution in [1.29, 1.82) is 0 Å². The van der Waals surface area contributed by atoms with Crippen molar-refractivity contribution in [2.24, 2.45) is 11.7 Å². The van der Waals surface area contributed by atoms with Gasteiger partial charge in [-0.05, 0) is 30.0 Å². The van der Waals surface area contributed by atoms with E-state index in [1.165, 1.54) is 11.3 Å². The van der Waals surface area contributed by atoms with Crippen LogP contribution in [-0.4, -0.2) is 38.1 Å². The molecule has 2 atom stereocenters. The van der Waals surface area contributed by atoms with Gasteiger partial charge in [0.25, 0.3) is 0 Å². The Morgan fingerprint density at radius 3 is 2.42 bits per heavy atom. The molecule has 0 bridgehead atoms. The third-order valence-corrected chi connectivity index (χ3v) is 3.90. The summed E-state index contributed by atoms with van der Waals surface area (Å²) in [6.07, 6.45) is 1.10. The van der Waals surface area contributed by atoms with Crippen LogP contribution < -0.4 is 10.6 Å². The van der Waals surface area contributed by atoms with E-state index in [0.29, 0.717) is 12.0 Å². The lowest BCUT2D eigenvalue weighted by molar-refractivity contribution is 0.221. The first kappa shape index (κ1) is 14.4. The molecule has 19 heavy (non-hydrogen) atoms. The molecule has 0 radical (unpaired) electrons. The Balaban J connectivity index is 2.17. The summed E-state index contributed by atoms with van der Waals surface area (Å²) in [5, 5.41) is 0. The third-order valence-electron chi connectivity index (χ3n) is 3.90. The molecule has 3 nitrogen and oxygen atoms in total. The van der Waals surface area contributed by atoms with E-state index in [-0.39, 0.29) is 6.04 Å². The van der Waals surface area contributed by atoms with Gasteiger partial charge in [0, 0.05) is 45.0 Å². The highest BCUT2D eigenvalue weighted by molar-refractivity contribution is 5.46. The monoisotopic (exact) mass is 261 g/mol. The van der Waals surface area contributed by atoms with E-state index in [9.17, 15) is 0 Å². The molecule has 1 aliphatic rings. The Morgan fingerprint density at radius 2 is 1.89 bits per heavy atom. The van der Waals surface area contributed by atoms with E-state index in [0.717, 1.165) is 19.5 Å². The van der Waals surface area contributed by atoms with E-state index >= 15 is 0 Å². The average molecular weight is 261 g/mol. The quantitative estimate of drug-likeness (QED) is 0.904. The van der Waals surface area contributed by atoms with Crippen molar-refractivity contribution >= 4 is 5.69 Å². The first-order valence-corrected chi connectivity index (χ1v) is 7.26. The Morgan fingerprint density at radius 1 is 1.26 bits per heavy atom. The summed E-state index contributed by atoms with van der Waals surface area (Å²) < 4.78 is 0. The molecule has 2 unspecified atom stereocenters. The molecule has 0 amide bonds. The van der Waals surface area contributed by atoms with Crippen LogP contribution in [-0.2, 0) is 0 Å². The van der Waals surface area contributed by atoms with Crippen LogP contribution in [0.1, 0.15) is 31.9 Å². The van der Waals surface area contributed by atoms with Crippen LogP contribution in [0.4, 0.5) is 5.69 Å². The van der Waals surface area contributed by atoms with Crippen LogP contribution in [0.3, 0.4) is 0 Å². The first-order chi connectivity index (χ1) is 8.99. The Hall–Kier alpha value is -1.06. The maximum Gasteiger partial charge on any atom is 0.0499 e. The number of rotatable bonds is 4. The number of anilines is 1. The SMILES string of the molecule is CC(C)CN1CCC(N)C1c1ccc(N(C)C)cc1. The van der Waals surface area contributed by atoms with Gasteiger partial charge < -0.3 is 10.6 Å². The maximum absolute atomic E-state index is 6.32. The molecule has 1 heterocycles. The molecule has 1 fully saturated rings. The molecule has 3 heteroatoms. The minimum Gasteiger partial charge on any atom is -0.378 e. The summed E-state index contributed by atoms with van der Waals surface area (Å²) in [6.45, 7) is 6.80. The second-order valence-electron chi connectivity index (χ2n) is 6.27. The molecule has 0 aliphatic carbocycles. The van der Waals surface area contributed by atoms with Crippen molar-refractivity contribution in [3.05, 3.63) is 29.8 Å². The fourth-order valence-corrected chi connectivity index (χ4v) is 2.98. The van der Waals surface area contributed by atoms with Gasteiger partial charge in [0.05, 0.1) is 0 Å². The van der Waals surface area contributed by atoms with Gasteiger partial charge >= 0.3 is 0 Å². The van der Waals surface area contributed by atoms with E-state index in [1.54, 1.807) is 0 Å². The number of hydrogen-bond acceptors (Lipinski definition) is 3. The zero-order chi connectivity index (χ0) is 14.0. The Labute approximate surface area is 117 Å². The lowest BCUT2D eigenvalue weighted by Gasteiger charge is -2.29. The van der Waals surface area contributed by atoms with Crippen molar-refractivity contribution < 1.29 is 0 Å². The van der Waals surface area contributed by atoms with Crippen LogP contribution in [0.15, 0.2) is 24.3 Å². The van der Waals surface area contributed by atoms with Crippen molar-refractivity contribution in [1.82, 2.24) is 4.90 Å². The van der Waals surface area contributed by atoms with Crippen molar-refractivity contribution in [2.45, 2.75) is 32.4 Å². The maximum atomic E-state index is 6.32. The van der Waals surface area contributed by atoms with Gasteiger partial charge in [-0.3, -0.25) is 4.90 Å². The highest BCUT2D eigenvalue weighted by atomic mass is 15.2. The zero-order valence-corrected chi connectivity index (χ0v) is 12.6. The van der Waals surface area contributed by atoms with E-state index in [2.05, 4.69) is 62.0 Å². The smallest absolute Gasteiger partial charge is 0.0499 e. The van der Waals surface area contributed by atoms with Crippen LogP contribution >= 0.6 is 0 Å². The van der Waals surface area contributed by atoms with E-state index in [1.807, 2.05) is 0 Å². The van der Waals surface area contributed by atoms with Gasteiger partial charge in [0.2, 0.25) is 0 Å². The summed E-state index contributed by atoms with van der Waals surface area (Å²) in [5.74, 6) is 0.689. The second kappa shape index (κ2) is 5.93. The number of nitrogens with two attached hydrogens (primary N) is 1. The molecule has 0 spiro atoms. The van der Waals surface area contributed by atoms with Crippen molar-refractivity contribution in [3.8, 4) is 0 Å². The summed E-state index contributed by atoms with van der Waals surface area (Å²) in [5.41, 5.74) is 8.92. The van der Waals surface area contributed by atoms with Crippen molar-refractivity contribution in [3.63, 3.8) is 0 Å². The van der Waals surface area contributed by atoms with E-state index in [4.69, 9.17) is 5.73 Å². The zero-order valence-electron chi connectivity index (χ0n) is 12.6. The molecule has 2 rings (SSSR count). The van der Waals surface area contributed by atoms with Gasteiger partial charge in [-0.1, -0.05) is 26.0 Å². The summed E-state index contributed by atoms with van der Waals surface area (Å²) >= 11 is 0. The molecule has 0 aromatic heterocycles. The number of benzene rings is 1. The normalized spacial score (nSPS) is 24.1. The van der Waals surface area contributed by atoms with Gasteiger partial charge in [-0.15, -0.1) is 0 Å². The molecule has 1 saturated heterocycles. The fraction of sp³-hybridized carbons (Fsp3) is 0.625. The molecule has 2 N–H and O–H groups in total. The van der Waals surface area contributed by atoms with Crippen LogP contribution in [0.5, 0.6) is 0 Å². The van der Waals surface area contributed by atoms with Gasteiger partial charge in [0.15, 0.2) is 0 Å². The average Bonchev–Trinajstić information content (AvgIpc) is 2.70. The van der Waals surface area contributed by atoms with Gasteiger partial charge in [-0.25, -0.2) is 0 Å². The Kier molecular flexibility index (Phi) is 4.48. The largest absolute Gasteiger partial charge is 0.378 e. The lowest BCUT2D eigenvalue weighted by Crippen LogP contribution is -2.33. The first-order valence-electron chi connectivity index (χ1n) is 7.26. The molecular weight excluding hydrogens is 234 g/mol. The van der Waals surface area contributed by atoms with Crippen LogP contribution in [0.25, 0.3) is 0 Å². The summed E-state index contributed by atoms with van der Waals surface area (Å²) in [6, 6.07) is 9.50. The fourth-order valence-electron chi connectivity index (χ4n) is 2.98. The highest BCUT2D eigenvalue weighted by Gasteiger charge is 2.32. The number of likely N-dealkylation sites (tertiary alicyclic amines) is 1. The summed E-state index contributed by atoms with van der Waals surface area (Å²) in [4.78, 5) is 4.67. The minimum atomic E-state index is 0.268.